The molecule has 7 nitrogen and oxygen atoms in total. The number of para-hydroxylation sites is 1. The van der Waals surface area contributed by atoms with Crippen LogP contribution in [-0.4, -0.2) is 29.9 Å². The summed E-state index contributed by atoms with van der Waals surface area (Å²) >= 11 is 0. The molecule has 47 heavy (non-hydrogen) atoms. The second-order valence-electron chi connectivity index (χ2n) is 11.2. The molecule has 0 amide bonds. The van der Waals surface area contributed by atoms with E-state index in [0.29, 0.717) is 34.7 Å². The first-order valence-corrected chi connectivity index (χ1v) is 15.3. The molecule has 5 aromatic carbocycles. The van der Waals surface area contributed by atoms with Gasteiger partial charge >= 0.3 is 0 Å². The molecule has 0 aliphatic rings. The van der Waals surface area contributed by atoms with E-state index in [1.54, 1.807) is 0 Å². The Hall–Kier alpha value is -6.60. The SMILES string of the molecule is c1ccc(-c2nc(-c3ccccc3)nc(-c3ccc(-c4c(-c5ncc6c(n5)oc5ccccc56)ncc5ccccc45)cc3)n2)cc1. The smallest absolute Gasteiger partial charge is 0.230 e. The van der Waals surface area contributed by atoms with Crippen LogP contribution in [0.4, 0.5) is 0 Å². The van der Waals surface area contributed by atoms with Gasteiger partial charge in [0.2, 0.25) is 5.71 Å². The molecule has 9 rings (SSSR count). The number of rotatable bonds is 5. The van der Waals surface area contributed by atoms with E-state index in [0.717, 1.165) is 54.9 Å². The van der Waals surface area contributed by atoms with E-state index in [1.165, 1.54) is 0 Å². The van der Waals surface area contributed by atoms with Gasteiger partial charge in [-0.25, -0.2) is 19.9 Å². The number of nitrogens with zero attached hydrogens (tertiary/aromatic N) is 6. The quantitative estimate of drug-likeness (QED) is 0.193. The van der Waals surface area contributed by atoms with Gasteiger partial charge in [-0.1, -0.05) is 127 Å². The Morgan fingerprint density at radius 3 is 1.62 bits per heavy atom. The van der Waals surface area contributed by atoms with Gasteiger partial charge in [-0.15, -0.1) is 0 Å². The lowest BCUT2D eigenvalue weighted by molar-refractivity contribution is 0.653. The molecule has 0 spiro atoms. The predicted octanol–water partition coefficient (Wildman–Crippen LogP) is 9.44. The monoisotopic (exact) mass is 604 g/mol. The van der Waals surface area contributed by atoms with E-state index in [4.69, 9.17) is 34.3 Å². The first kappa shape index (κ1) is 26.8. The van der Waals surface area contributed by atoms with Crippen LogP contribution < -0.4 is 0 Å². The molecule has 220 valence electrons. The van der Waals surface area contributed by atoms with E-state index >= 15 is 0 Å². The Kier molecular flexibility index (Phi) is 6.31. The number of hydrogen-bond acceptors (Lipinski definition) is 7. The highest BCUT2D eigenvalue weighted by Crippen LogP contribution is 2.37. The molecular weight excluding hydrogens is 580 g/mol. The third-order valence-electron chi connectivity index (χ3n) is 8.28. The first-order valence-electron chi connectivity index (χ1n) is 15.3. The third-order valence-corrected chi connectivity index (χ3v) is 8.28. The summed E-state index contributed by atoms with van der Waals surface area (Å²) in [6.07, 6.45) is 3.69. The van der Waals surface area contributed by atoms with Gasteiger partial charge in [0.25, 0.3) is 0 Å². The normalized spacial score (nSPS) is 11.4. The average molecular weight is 605 g/mol. The first-order chi connectivity index (χ1) is 23.3. The van der Waals surface area contributed by atoms with E-state index in [9.17, 15) is 0 Å². The number of fused-ring (bicyclic) bond motifs is 4. The van der Waals surface area contributed by atoms with Crippen LogP contribution in [0.2, 0.25) is 0 Å². The number of benzene rings is 5. The van der Waals surface area contributed by atoms with Crippen LogP contribution in [0.1, 0.15) is 0 Å². The zero-order valence-electron chi connectivity index (χ0n) is 24.9. The highest BCUT2D eigenvalue weighted by Gasteiger charge is 2.19. The Morgan fingerprint density at radius 2 is 0.936 bits per heavy atom. The molecule has 0 bridgehead atoms. The van der Waals surface area contributed by atoms with Crippen molar-refractivity contribution in [2.75, 3.05) is 0 Å². The predicted molar refractivity (Wildman–Crippen MR) is 185 cm³/mol. The maximum Gasteiger partial charge on any atom is 0.230 e. The second kappa shape index (κ2) is 11.1. The Bertz CT molecular complexity index is 2510. The minimum atomic E-state index is 0.499. The molecule has 0 saturated heterocycles. The minimum absolute atomic E-state index is 0.499. The van der Waals surface area contributed by atoms with Crippen LogP contribution in [0, 0.1) is 0 Å². The molecule has 4 heterocycles. The van der Waals surface area contributed by atoms with Crippen LogP contribution in [0.5, 0.6) is 0 Å². The fourth-order valence-corrected chi connectivity index (χ4v) is 5.97. The van der Waals surface area contributed by atoms with Gasteiger partial charge in [0.1, 0.15) is 11.3 Å². The zero-order valence-corrected chi connectivity index (χ0v) is 24.9. The van der Waals surface area contributed by atoms with Gasteiger partial charge in [0.05, 0.1) is 5.39 Å². The summed E-state index contributed by atoms with van der Waals surface area (Å²) in [5.74, 6) is 2.34. The second-order valence-corrected chi connectivity index (χ2v) is 11.2. The van der Waals surface area contributed by atoms with Crippen molar-refractivity contribution in [1.82, 2.24) is 29.9 Å². The van der Waals surface area contributed by atoms with E-state index in [1.807, 2.05) is 122 Å². The lowest BCUT2D eigenvalue weighted by atomic mass is 9.96. The van der Waals surface area contributed by atoms with Crippen LogP contribution in [-0.2, 0) is 0 Å². The lowest BCUT2D eigenvalue weighted by Gasteiger charge is -2.13. The van der Waals surface area contributed by atoms with Crippen LogP contribution in [0.25, 0.3) is 89.7 Å². The summed E-state index contributed by atoms with van der Waals surface area (Å²) in [5.41, 5.74) is 6.64. The van der Waals surface area contributed by atoms with Gasteiger partial charge in [0, 0.05) is 45.4 Å². The maximum absolute atomic E-state index is 6.10. The zero-order chi connectivity index (χ0) is 31.2. The van der Waals surface area contributed by atoms with E-state index in [2.05, 4.69) is 24.3 Å². The van der Waals surface area contributed by atoms with Gasteiger partial charge in [-0.2, -0.15) is 4.98 Å². The van der Waals surface area contributed by atoms with Crippen molar-refractivity contribution in [1.29, 1.82) is 0 Å². The van der Waals surface area contributed by atoms with Crippen molar-refractivity contribution in [3.63, 3.8) is 0 Å². The fraction of sp³-hybridized carbons (Fsp3) is 0. The van der Waals surface area contributed by atoms with Crippen molar-refractivity contribution in [3.05, 3.63) is 146 Å². The third kappa shape index (κ3) is 4.78. The highest BCUT2D eigenvalue weighted by molar-refractivity contribution is 6.05. The lowest BCUT2D eigenvalue weighted by Crippen LogP contribution is -2.00. The molecule has 0 unspecified atom stereocenters. The molecule has 0 atom stereocenters. The Morgan fingerprint density at radius 1 is 0.383 bits per heavy atom. The molecule has 4 aromatic heterocycles. The largest absolute Gasteiger partial charge is 0.438 e. The summed E-state index contributed by atoms with van der Waals surface area (Å²) < 4.78 is 6.10. The van der Waals surface area contributed by atoms with Crippen LogP contribution in [0.3, 0.4) is 0 Å². The number of hydrogen-bond donors (Lipinski definition) is 0. The molecular formula is C40H24N6O. The number of pyridine rings is 1. The van der Waals surface area contributed by atoms with Crippen molar-refractivity contribution in [3.8, 4) is 56.8 Å². The van der Waals surface area contributed by atoms with Crippen LogP contribution in [0.15, 0.2) is 150 Å². The maximum atomic E-state index is 6.10. The molecule has 9 aromatic rings. The van der Waals surface area contributed by atoms with Crippen molar-refractivity contribution in [2.45, 2.75) is 0 Å². The van der Waals surface area contributed by atoms with Crippen LogP contribution >= 0.6 is 0 Å². The van der Waals surface area contributed by atoms with Crippen molar-refractivity contribution >= 4 is 32.8 Å². The van der Waals surface area contributed by atoms with Gasteiger partial charge < -0.3 is 4.42 Å². The van der Waals surface area contributed by atoms with E-state index < -0.39 is 0 Å². The van der Waals surface area contributed by atoms with Crippen molar-refractivity contribution in [2.24, 2.45) is 0 Å². The Balaban J connectivity index is 1.18. The van der Waals surface area contributed by atoms with E-state index in [-0.39, 0.29) is 0 Å². The summed E-state index contributed by atoms with van der Waals surface area (Å²) in [4.78, 5) is 29.1. The standard InChI is InChI=1S/C40H24N6O/c1-3-11-26(12-4-1)36-43-37(27-13-5-2-6-14-27)45-38(44-36)28-21-19-25(20-22-28)34-30-16-8-7-15-29(30)23-41-35(34)39-42-24-32-31-17-9-10-18-33(31)47-40(32)46-39/h1-24H. The Labute approximate surface area is 269 Å². The summed E-state index contributed by atoms with van der Waals surface area (Å²) in [7, 11) is 0. The average Bonchev–Trinajstić information content (AvgIpc) is 3.53. The topological polar surface area (TPSA) is 90.5 Å². The molecule has 0 aliphatic heterocycles. The summed E-state index contributed by atoms with van der Waals surface area (Å²) in [5, 5.41) is 3.94. The number of aromatic nitrogens is 6. The molecule has 0 N–H and O–H groups in total. The fourth-order valence-electron chi connectivity index (χ4n) is 5.97. The minimum Gasteiger partial charge on any atom is -0.438 e. The molecule has 0 saturated carbocycles. The number of furan rings is 1. The summed E-state index contributed by atoms with van der Waals surface area (Å²) in [6, 6.07) is 44.3. The molecule has 0 fully saturated rings. The molecule has 0 aliphatic carbocycles. The van der Waals surface area contributed by atoms with Gasteiger partial charge in [-0.05, 0) is 17.0 Å². The highest BCUT2D eigenvalue weighted by atomic mass is 16.3. The van der Waals surface area contributed by atoms with Crippen molar-refractivity contribution < 1.29 is 4.42 Å². The van der Waals surface area contributed by atoms with Gasteiger partial charge in [0.15, 0.2) is 23.3 Å². The molecule has 0 radical (unpaired) electrons. The summed E-state index contributed by atoms with van der Waals surface area (Å²) in [6.45, 7) is 0. The molecule has 7 heteroatoms. The van der Waals surface area contributed by atoms with Gasteiger partial charge in [-0.3, -0.25) is 4.98 Å².